The van der Waals surface area contributed by atoms with Gasteiger partial charge >= 0.3 is 0 Å². The molecule has 0 saturated carbocycles. The monoisotopic (exact) mass is 423 g/mol. The highest BCUT2D eigenvalue weighted by molar-refractivity contribution is 5.86. The molecule has 0 atom stereocenters. The Morgan fingerprint density at radius 2 is 1.78 bits per heavy atom. The van der Waals surface area contributed by atoms with Gasteiger partial charge in [-0.15, -0.1) is 0 Å². The van der Waals surface area contributed by atoms with Gasteiger partial charge in [-0.25, -0.2) is 0 Å². The number of benzene rings is 2. The molecule has 0 bridgehead atoms. The predicted molar refractivity (Wildman–Crippen MR) is 129 cm³/mol. The summed E-state index contributed by atoms with van der Waals surface area (Å²) in [5, 5.41) is 4.83. The van der Waals surface area contributed by atoms with Crippen molar-refractivity contribution in [3.8, 4) is 5.69 Å². The van der Waals surface area contributed by atoms with Crippen molar-refractivity contribution in [2.24, 2.45) is 0 Å². The van der Waals surface area contributed by atoms with Gasteiger partial charge in [-0.2, -0.15) is 0 Å². The minimum absolute atomic E-state index is 0.265. The number of carbonyl (C=O) groups excluding carboxylic acids is 1. The van der Waals surface area contributed by atoms with Gasteiger partial charge in [0.15, 0.2) is 0 Å². The highest BCUT2D eigenvalue weighted by atomic mass is 16.1. The van der Waals surface area contributed by atoms with E-state index in [1.165, 1.54) is 29.3 Å². The van der Waals surface area contributed by atoms with E-state index in [9.17, 15) is 4.79 Å². The van der Waals surface area contributed by atoms with Gasteiger partial charge in [-0.1, -0.05) is 36.4 Å². The van der Waals surface area contributed by atoms with Crippen LogP contribution < -0.4 is 5.32 Å². The highest BCUT2D eigenvalue weighted by Crippen LogP contribution is 2.34. The summed E-state index contributed by atoms with van der Waals surface area (Å²) in [5.74, 6) is 0.875. The third-order valence-corrected chi connectivity index (χ3v) is 6.55. The molecule has 2 aromatic heterocycles. The van der Waals surface area contributed by atoms with Gasteiger partial charge in [0.1, 0.15) is 5.78 Å². The van der Waals surface area contributed by atoms with Gasteiger partial charge < -0.3 is 9.88 Å². The molecule has 5 rings (SSSR count). The van der Waals surface area contributed by atoms with Crippen LogP contribution in [0.1, 0.15) is 41.9 Å². The Balaban J connectivity index is 1.32. The van der Waals surface area contributed by atoms with E-state index < -0.39 is 0 Å². The van der Waals surface area contributed by atoms with Crippen LogP contribution in [0.5, 0.6) is 0 Å². The van der Waals surface area contributed by atoms with Gasteiger partial charge in [-0.3, -0.25) is 9.78 Å². The van der Waals surface area contributed by atoms with E-state index in [2.05, 4.69) is 69.6 Å². The van der Waals surface area contributed by atoms with Crippen LogP contribution in [-0.4, -0.2) is 28.4 Å². The van der Waals surface area contributed by atoms with E-state index in [1.54, 1.807) is 6.20 Å². The van der Waals surface area contributed by atoms with Crippen LogP contribution in [0.4, 0.5) is 0 Å². The largest absolute Gasteiger partial charge is 0.317 e. The van der Waals surface area contributed by atoms with E-state index in [1.807, 2.05) is 18.3 Å². The number of rotatable bonds is 7. The van der Waals surface area contributed by atoms with Gasteiger partial charge in [0, 0.05) is 42.5 Å². The molecule has 32 heavy (non-hydrogen) atoms. The molecule has 0 spiro atoms. The first-order valence-electron chi connectivity index (χ1n) is 11.6. The number of Topliss-reactive ketones (excluding diaryl/α,β-unsaturated/α-hetero) is 1. The standard InChI is InChI=1S/C28H29N3O/c32-25(12-9-22-4-3-15-30-19-22)18-21-7-10-24(11-8-21)31-20-27(23-13-16-29-17-14-23)26-5-1-2-6-28(26)31/h1-8,10-11,15,19-20,23,29H,9,12-14,16-18H2. The van der Waals surface area contributed by atoms with Crippen molar-refractivity contribution < 1.29 is 4.79 Å². The first-order valence-corrected chi connectivity index (χ1v) is 11.6. The lowest BCUT2D eigenvalue weighted by Crippen LogP contribution is -2.26. The molecule has 3 heterocycles. The number of hydrogen-bond donors (Lipinski definition) is 1. The van der Waals surface area contributed by atoms with Crippen LogP contribution in [0.2, 0.25) is 0 Å². The summed E-state index contributed by atoms with van der Waals surface area (Å²) in [7, 11) is 0. The molecule has 1 aliphatic rings. The molecule has 1 fully saturated rings. The smallest absolute Gasteiger partial charge is 0.137 e. The van der Waals surface area contributed by atoms with Gasteiger partial charge in [-0.05, 0) is 79.2 Å². The number of aryl methyl sites for hydroxylation is 1. The molecule has 2 aromatic carbocycles. The minimum atomic E-state index is 0.265. The van der Waals surface area contributed by atoms with Crippen molar-refractivity contribution in [2.45, 2.75) is 38.0 Å². The Hall–Kier alpha value is -3.24. The van der Waals surface area contributed by atoms with Gasteiger partial charge in [0.25, 0.3) is 0 Å². The number of pyridine rings is 1. The average Bonchev–Trinajstić information content (AvgIpc) is 3.24. The molecule has 0 amide bonds. The number of piperidine rings is 1. The maximum atomic E-state index is 12.5. The highest BCUT2D eigenvalue weighted by Gasteiger charge is 2.20. The number of nitrogens with zero attached hydrogens (tertiary/aromatic N) is 2. The van der Waals surface area contributed by atoms with E-state index in [0.29, 0.717) is 18.8 Å². The summed E-state index contributed by atoms with van der Waals surface area (Å²) in [4.78, 5) is 16.6. The van der Waals surface area contributed by atoms with Crippen molar-refractivity contribution in [1.29, 1.82) is 0 Å². The second-order valence-corrected chi connectivity index (χ2v) is 8.74. The van der Waals surface area contributed by atoms with Crippen molar-refractivity contribution in [2.75, 3.05) is 13.1 Å². The molecule has 1 aliphatic heterocycles. The zero-order chi connectivity index (χ0) is 21.8. The van der Waals surface area contributed by atoms with Crippen molar-refractivity contribution in [3.05, 3.63) is 95.9 Å². The van der Waals surface area contributed by atoms with Crippen LogP contribution in [-0.2, 0) is 17.6 Å². The third-order valence-electron chi connectivity index (χ3n) is 6.55. The predicted octanol–water partition coefficient (Wildman–Crippen LogP) is 5.24. The SMILES string of the molecule is O=C(CCc1cccnc1)Cc1ccc(-n2cc(C3CCNCC3)c3ccccc32)cc1. The molecule has 4 aromatic rings. The summed E-state index contributed by atoms with van der Waals surface area (Å²) >= 11 is 0. The zero-order valence-electron chi connectivity index (χ0n) is 18.3. The maximum absolute atomic E-state index is 12.5. The van der Waals surface area contributed by atoms with Crippen LogP contribution in [0.15, 0.2) is 79.3 Å². The molecule has 0 unspecified atom stereocenters. The summed E-state index contributed by atoms with van der Waals surface area (Å²) < 4.78 is 2.31. The molecule has 162 valence electrons. The molecule has 0 radical (unpaired) electrons. The Kier molecular flexibility index (Phi) is 6.13. The number of carbonyl (C=O) groups is 1. The molecule has 4 nitrogen and oxygen atoms in total. The van der Waals surface area contributed by atoms with Gasteiger partial charge in [0.2, 0.25) is 0 Å². The number of para-hydroxylation sites is 1. The third kappa shape index (κ3) is 4.51. The number of fused-ring (bicyclic) bond motifs is 1. The fourth-order valence-corrected chi connectivity index (χ4v) is 4.80. The molecule has 0 aliphatic carbocycles. The zero-order valence-corrected chi connectivity index (χ0v) is 18.3. The van der Waals surface area contributed by atoms with Crippen molar-refractivity contribution in [1.82, 2.24) is 14.9 Å². The van der Waals surface area contributed by atoms with E-state index in [4.69, 9.17) is 0 Å². The van der Waals surface area contributed by atoms with E-state index in [0.717, 1.165) is 36.3 Å². The summed E-state index contributed by atoms with van der Waals surface area (Å²) in [6.07, 6.45) is 10.1. The first kappa shape index (κ1) is 20.7. The van der Waals surface area contributed by atoms with Crippen LogP contribution in [0, 0.1) is 0 Å². The van der Waals surface area contributed by atoms with Crippen molar-refractivity contribution in [3.63, 3.8) is 0 Å². The lowest BCUT2D eigenvalue weighted by Gasteiger charge is -2.22. The number of nitrogens with one attached hydrogen (secondary N) is 1. The Labute approximate surface area is 189 Å². The molecule has 1 N–H and O–H groups in total. The van der Waals surface area contributed by atoms with Gasteiger partial charge in [0.05, 0.1) is 5.52 Å². The van der Waals surface area contributed by atoms with Crippen LogP contribution in [0.3, 0.4) is 0 Å². The number of hydrogen-bond acceptors (Lipinski definition) is 3. The summed E-state index contributed by atoms with van der Waals surface area (Å²) in [6.45, 7) is 2.18. The molecular formula is C28H29N3O. The van der Waals surface area contributed by atoms with Crippen LogP contribution >= 0.6 is 0 Å². The minimum Gasteiger partial charge on any atom is -0.317 e. The first-order chi connectivity index (χ1) is 15.8. The second kappa shape index (κ2) is 9.49. The van der Waals surface area contributed by atoms with E-state index in [-0.39, 0.29) is 5.78 Å². The maximum Gasteiger partial charge on any atom is 0.137 e. The quantitative estimate of drug-likeness (QED) is 0.442. The molecule has 1 saturated heterocycles. The lowest BCUT2D eigenvalue weighted by molar-refractivity contribution is -0.118. The van der Waals surface area contributed by atoms with Crippen LogP contribution in [0.25, 0.3) is 16.6 Å². The normalized spacial score (nSPS) is 14.6. The topological polar surface area (TPSA) is 46.9 Å². The fourth-order valence-electron chi connectivity index (χ4n) is 4.80. The van der Waals surface area contributed by atoms with E-state index >= 15 is 0 Å². The number of ketones is 1. The Morgan fingerprint density at radius 1 is 0.969 bits per heavy atom. The second-order valence-electron chi connectivity index (χ2n) is 8.74. The number of aromatic nitrogens is 2. The van der Waals surface area contributed by atoms with Crippen molar-refractivity contribution >= 4 is 16.7 Å². The summed E-state index contributed by atoms with van der Waals surface area (Å²) in [6, 6.07) is 21.1. The molecule has 4 heteroatoms. The average molecular weight is 424 g/mol. The lowest BCUT2D eigenvalue weighted by atomic mass is 9.90. The summed E-state index contributed by atoms with van der Waals surface area (Å²) in [5.41, 5.74) is 6.03. The Bertz CT molecular complexity index is 1190. The molecular weight excluding hydrogens is 394 g/mol. The fraction of sp³-hybridized carbons (Fsp3) is 0.286. The Morgan fingerprint density at radius 3 is 2.56 bits per heavy atom.